The van der Waals surface area contributed by atoms with E-state index >= 15 is 0 Å². The number of rotatable bonds is 2. The van der Waals surface area contributed by atoms with E-state index in [-0.39, 0.29) is 0 Å². The normalized spacial score (nSPS) is 8.45. The predicted octanol–water partition coefficient (Wildman–Crippen LogP) is 1.22. The van der Waals surface area contributed by atoms with Crippen LogP contribution in [0.25, 0.3) is 0 Å². The van der Waals surface area contributed by atoms with Crippen LogP contribution in [0.1, 0.15) is 0 Å². The summed E-state index contributed by atoms with van der Waals surface area (Å²) in [5.41, 5.74) is 0.491. The molecule has 0 atom stereocenters. The summed E-state index contributed by atoms with van der Waals surface area (Å²) in [6.07, 6.45) is 2.88. The Labute approximate surface area is 69.0 Å². The highest BCUT2D eigenvalue weighted by molar-refractivity contribution is 7.78. The third-order valence-electron chi connectivity index (χ3n) is 1.02. The highest BCUT2D eigenvalue weighted by Gasteiger charge is 1.99. The SMILES string of the molecule is COc1ncncc1N=C=S. The van der Waals surface area contributed by atoms with Crippen LogP contribution in [-0.2, 0) is 0 Å². The summed E-state index contributed by atoms with van der Waals surface area (Å²) in [7, 11) is 1.50. The van der Waals surface area contributed by atoms with Gasteiger partial charge in [-0.1, -0.05) is 0 Å². The van der Waals surface area contributed by atoms with Crippen molar-refractivity contribution in [3.05, 3.63) is 12.5 Å². The lowest BCUT2D eigenvalue weighted by Crippen LogP contribution is -1.87. The van der Waals surface area contributed by atoms with Gasteiger partial charge in [-0.05, 0) is 12.2 Å². The zero-order valence-electron chi connectivity index (χ0n) is 5.81. The van der Waals surface area contributed by atoms with Gasteiger partial charge in [0.05, 0.1) is 18.5 Å². The third kappa shape index (κ3) is 1.80. The second-order valence-corrected chi connectivity index (χ2v) is 1.80. The lowest BCUT2D eigenvalue weighted by atomic mass is 10.5. The second-order valence-electron chi connectivity index (χ2n) is 1.62. The molecule has 0 radical (unpaired) electrons. The maximum Gasteiger partial charge on any atom is 0.243 e. The fourth-order valence-corrected chi connectivity index (χ4v) is 0.693. The van der Waals surface area contributed by atoms with Gasteiger partial charge in [0.1, 0.15) is 6.33 Å². The van der Waals surface area contributed by atoms with Crippen molar-refractivity contribution in [3.8, 4) is 5.88 Å². The van der Waals surface area contributed by atoms with Crippen molar-refractivity contribution in [2.75, 3.05) is 7.11 Å². The summed E-state index contributed by atoms with van der Waals surface area (Å²) in [5.74, 6) is 0.400. The van der Waals surface area contributed by atoms with Gasteiger partial charge in [0.25, 0.3) is 0 Å². The molecular formula is C6H5N3OS. The van der Waals surface area contributed by atoms with Crippen molar-refractivity contribution >= 4 is 23.1 Å². The number of nitrogens with zero attached hydrogens (tertiary/aromatic N) is 3. The van der Waals surface area contributed by atoms with Crippen LogP contribution < -0.4 is 4.74 Å². The predicted molar refractivity (Wildman–Crippen MR) is 43.3 cm³/mol. The van der Waals surface area contributed by atoms with Crippen LogP contribution in [0, 0.1) is 0 Å². The van der Waals surface area contributed by atoms with E-state index < -0.39 is 0 Å². The summed E-state index contributed by atoms with van der Waals surface area (Å²) in [6, 6.07) is 0. The molecule has 1 rings (SSSR count). The van der Waals surface area contributed by atoms with E-state index in [2.05, 4.69) is 32.3 Å². The monoisotopic (exact) mass is 167 g/mol. The number of aliphatic imine (C=N–C) groups is 1. The van der Waals surface area contributed by atoms with E-state index in [4.69, 9.17) is 4.74 Å². The number of aromatic nitrogens is 2. The van der Waals surface area contributed by atoms with Gasteiger partial charge in [-0.3, -0.25) is 0 Å². The van der Waals surface area contributed by atoms with E-state index in [0.717, 1.165) is 0 Å². The Bertz CT molecular complexity index is 296. The average molecular weight is 167 g/mol. The van der Waals surface area contributed by atoms with E-state index in [1.54, 1.807) is 0 Å². The Hall–Kier alpha value is -1.32. The largest absolute Gasteiger partial charge is 0.479 e. The molecule has 4 nitrogen and oxygen atoms in total. The molecule has 0 bridgehead atoms. The maximum absolute atomic E-state index is 4.87. The molecule has 0 aliphatic rings. The minimum atomic E-state index is 0.400. The van der Waals surface area contributed by atoms with Gasteiger partial charge in [-0.15, -0.1) is 0 Å². The first kappa shape index (κ1) is 7.78. The van der Waals surface area contributed by atoms with Crippen molar-refractivity contribution in [2.45, 2.75) is 0 Å². The summed E-state index contributed by atoms with van der Waals surface area (Å²) in [6.45, 7) is 0. The average Bonchev–Trinajstić information content (AvgIpc) is 2.06. The van der Waals surface area contributed by atoms with E-state index in [1.807, 2.05) is 0 Å². The van der Waals surface area contributed by atoms with Gasteiger partial charge < -0.3 is 4.74 Å². The Morgan fingerprint density at radius 2 is 2.55 bits per heavy atom. The van der Waals surface area contributed by atoms with Crippen molar-refractivity contribution < 1.29 is 4.74 Å². The maximum atomic E-state index is 4.87. The van der Waals surface area contributed by atoms with Crippen LogP contribution in [-0.4, -0.2) is 22.2 Å². The highest BCUT2D eigenvalue weighted by Crippen LogP contribution is 2.20. The van der Waals surface area contributed by atoms with Gasteiger partial charge in [-0.2, -0.15) is 9.98 Å². The molecule has 56 valence electrons. The van der Waals surface area contributed by atoms with Gasteiger partial charge in [0.2, 0.25) is 5.88 Å². The van der Waals surface area contributed by atoms with Gasteiger partial charge in [0, 0.05) is 0 Å². The quantitative estimate of drug-likeness (QED) is 0.490. The van der Waals surface area contributed by atoms with Gasteiger partial charge >= 0.3 is 0 Å². The molecule has 0 amide bonds. The van der Waals surface area contributed by atoms with E-state index in [0.29, 0.717) is 11.6 Å². The Morgan fingerprint density at radius 3 is 3.18 bits per heavy atom. The standard InChI is InChI=1S/C6H5N3OS/c1-10-6-5(9-4-11)2-7-3-8-6/h2-3H,1H3. The smallest absolute Gasteiger partial charge is 0.243 e. The number of isothiocyanates is 1. The molecule has 0 N–H and O–H groups in total. The van der Waals surface area contributed by atoms with Crippen molar-refractivity contribution in [1.29, 1.82) is 0 Å². The van der Waals surface area contributed by atoms with Gasteiger partial charge in [0.15, 0.2) is 5.69 Å². The van der Waals surface area contributed by atoms with Crippen LogP contribution >= 0.6 is 12.2 Å². The number of hydrogen-bond acceptors (Lipinski definition) is 5. The lowest BCUT2D eigenvalue weighted by Gasteiger charge is -1.97. The minimum Gasteiger partial charge on any atom is -0.479 e. The molecule has 0 spiro atoms. The summed E-state index contributed by atoms with van der Waals surface area (Å²) in [4.78, 5) is 11.2. The molecule has 0 fully saturated rings. The molecule has 0 aliphatic carbocycles. The Balaban J connectivity index is 3.11. The number of hydrogen-bond donors (Lipinski definition) is 0. The zero-order chi connectivity index (χ0) is 8.10. The van der Waals surface area contributed by atoms with Crippen LogP contribution in [0.2, 0.25) is 0 Å². The molecule has 1 aromatic rings. The second kappa shape index (κ2) is 3.75. The first-order valence-electron chi connectivity index (χ1n) is 2.80. The molecule has 0 aliphatic heterocycles. The van der Waals surface area contributed by atoms with Crippen molar-refractivity contribution in [2.24, 2.45) is 4.99 Å². The molecule has 0 unspecified atom stereocenters. The molecule has 0 saturated heterocycles. The lowest BCUT2D eigenvalue weighted by molar-refractivity contribution is 0.398. The molecule has 0 aromatic carbocycles. The molecular weight excluding hydrogens is 162 g/mol. The molecule has 1 heterocycles. The third-order valence-corrected chi connectivity index (χ3v) is 1.11. The first-order valence-corrected chi connectivity index (χ1v) is 3.21. The minimum absolute atomic E-state index is 0.400. The van der Waals surface area contributed by atoms with Crippen LogP contribution in [0.4, 0.5) is 5.69 Å². The summed E-state index contributed by atoms with van der Waals surface area (Å²) < 4.78 is 4.87. The fraction of sp³-hybridized carbons (Fsp3) is 0.167. The van der Waals surface area contributed by atoms with Crippen LogP contribution in [0.3, 0.4) is 0 Å². The topological polar surface area (TPSA) is 47.4 Å². The molecule has 1 aromatic heterocycles. The van der Waals surface area contributed by atoms with E-state index in [9.17, 15) is 0 Å². The van der Waals surface area contributed by atoms with Crippen molar-refractivity contribution in [3.63, 3.8) is 0 Å². The Morgan fingerprint density at radius 1 is 1.73 bits per heavy atom. The summed E-state index contributed by atoms with van der Waals surface area (Å²) in [5, 5.41) is 2.21. The molecule has 11 heavy (non-hydrogen) atoms. The van der Waals surface area contributed by atoms with E-state index in [1.165, 1.54) is 19.6 Å². The Kier molecular flexibility index (Phi) is 2.66. The number of methoxy groups -OCH3 is 1. The first-order chi connectivity index (χ1) is 5.38. The fourth-order valence-electron chi connectivity index (χ4n) is 0.594. The number of thiocarbonyl (C=S) groups is 1. The summed E-state index contributed by atoms with van der Waals surface area (Å²) >= 11 is 4.41. The van der Waals surface area contributed by atoms with Crippen LogP contribution in [0.15, 0.2) is 17.5 Å². The van der Waals surface area contributed by atoms with Gasteiger partial charge in [-0.25, -0.2) is 4.98 Å². The zero-order valence-corrected chi connectivity index (χ0v) is 6.63. The highest BCUT2D eigenvalue weighted by atomic mass is 32.1. The number of ether oxygens (including phenoxy) is 1. The molecule has 0 saturated carbocycles. The van der Waals surface area contributed by atoms with Crippen LogP contribution in [0.5, 0.6) is 5.88 Å². The molecule has 5 heteroatoms. The van der Waals surface area contributed by atoms with Crippen molar-refractivity contribution in [1.82, 2.24) is 9.97 Å².